The average molecular weight is 346 g/mol. The number of benzene rings is 1. The lowest BCUT2D eigenvalue weighted by Crippen LogP contribution is -2.12. The molecule has 1 aromatic rings. The maximum absolute atomic E-state index is 11.6. The Kier molecular flexibility index (Phi) is 9.07. The fourth-order valence-electron chi connectivity index (χ4n) is 1.70. The normalized spacial score (nSPS) is 10.7. The van der Waals surface area contributed by atoms with E-state index in [1.54, 1.807) is 13.0 Å². The van der Waals surface area contributed by atoms with Crippen LogP contribution in [0.4, 0.5) is 0 Å². The molecule has 25 heavy (non-hydrogen) atoms. The predicted molar refractivity (Wildman–Crippen MR) is 97.2 cm³/mol. The summed E-state index contributed by atoms with van der Waals surface area (Å²) in [4.78, 5) is 22.7. The summed E-state index contributed by atoms with van der Waals surface area (Å²) >= 11 is 0. The molecular weight excluding hydrogens is 320 g/mol. The van der Waals surface area contributed by atoms with Crippen LogP contribution in [0.15, 0.2) is 42.5 Å². The first-order valence-electron chi connectivity index (χ1n) is 8.29. The molecule has 0 bridgehead atoms. The van der Waals surface area contributed by atoms with Gasteiger partial charge in [0.2, 0.25) is 0 Å². The highest BCUT2D eigenvalue weighted by Gasteiger charge is 2.03. The van der Waals surface area contributed by atoms with Crippen molar-refractivity contribution < 1.29 is 23.8 Å². The van der Waals surface area contributed by atoms with Gasteiger partial charge >= 0.3 is 11.9 Å². The van der Waals surface area contributed by atoms with Crippen molar-refractivity contribution >= 4 is 18.0 Å². The highest BCUT2D eigenvalue weighted by Crippen LogP contribution is 2.14. The highest BCUT2D eigenvalue weighted by atomic mass is 16.6. The van der Waals surface area contributed by atoms with Crippen LogP contribution in [0.1, 0.15) is 32.8 Å². The summed E-state index contributed by atoms with van der Waals surface area (Å²) in [5.41, 5.74) is 1.17. The second-order valence-electron chi connectivity index (χ2n) is 6.02. The standard InChI is InChI=1S/C20H26O5/c1-15(2)11-12-23-18-8-5-17(6-9-18)7-10-19(21)24-13-14-25-20(22)16(3)4/h5-10,15H,3,11-14H2,1-2,4H3/b10-7+. The summed E-state index contributed by atoms with van der Waals surface area (Å²) < 4.78 is 15.4. The Morgan fingerprint density at radius 1 is 1.08 bits per heavy atom. The molecule has 5 nitrogen and oxygen atoms in total. The average Bonchev–Trinajstić information content (AvgIpc) is 2.57. The summed E-state index contributed by atoms with van der Waals surface area (Å²) in [6.07, 6.45) is 3.99. The maximum Gasteiger partial charge on any atom is 0.333 e. The molecule has 0 N–H and O–H groups in total. The third-order valence-electron chi connectivity index (χ3n) is 3.17. The molecule has 0 radical (unpaired) electrons. The number of carbonyl (C=O) groups excluding carboxylic acids is 2. The van der Waals surface area contributed by atoms with Gasteiger partial charge in [-0.05, 0) is 43.0 Å². The number of esters is 2. The van der Waals surface area contributed by atoms with Crippen molar-refractivity contribution in [3.8, 4) is 5.75 Å². The van der Waals surface area contributed by atoms with Crippen LogP contribution in [-0.4, -0.2) is 31.8 Å². The van der Waals surface area contributed by atoms with Gasteiger partial charge in [-0.2, -0.15) is 0 Å². The minimum absolute atomic E-state index is 0.00478. The zero-order chi connectivity index (χ0) is 18.7. The molecule has 5 heteroatoms. The van der Waals surface area contributed by atoms with Crippen molar-refractivity contribution in [3.05, 3.63) is 48.1 Å². The minimum Gasteiger partial charge on any atom is -0.494 e. The third-order valence-corrected chi connectivity index (χ3v) is 3.17. The topological polar surface area (TPSA) is 61.8 Å². The highest BCUT2D eigenvalue weighted by molar-refractivity contribution is 5.87. The Bertz CT molecular complexity index is 599. The molecule has 0 aromatic heterocycles. The molecule has 0 aliphatic carbocycles. The largest absolute Gasteiger partial charge is 0.494 e. The second kappa shape index (κ2) is 11.1. The molecule has 0 unspecified atom stereocenters. The molecule has 0 spiro atoms. The summed E-state index contributed by atoms with van der Waals surface area (Å²) in [5, 5.41) is 0. The number of hydrogen-bond donors (Lipinski definition) is 0. The van der Waals surface area contributed by atoms with Crippen LogP contribution in [0.2, 0.25) is 0 Å². The van der Waals surface area contributed by atoms with E-state index in [2.05, 4.69) is 20.4 Å². The fourth-order valence-corrected chi connectivity index (χ4v) is 1.70. The van der Waals surface area contributed by atoms with Crippen molar-refractivity contribution in [2.45, 2.75) is 27.2 Å². The lowest BCUT2D eigenvalue weighted by Gasteiger charge is -2.08. The molecular formula is C20H26O5. The molecule has 0 saturated carbocycles. The van der Waals surface area contributed by atoms with Gasteiger partial charge in [0.05, 0.1) is 6.61 Å². The number of ether oxygens (including phenoxy) is 3. The number of carbonyl (C=O) groups is 2. The molecule has 0 aliphatic heterocycles. The van der Waals surface area contributed by atoms with Crippen molar-refractivity contribution in [1.29, 1.82) is 0 Å². The van der Waals surface area contributed by atoms with Crippen LogP contribution in [-0.2, 0) is 19.1 Å². The Hall–Kier alpha value is -2.56. The van der Waals surface area contributed by atoms with Crippen molar-refractivity contribution in [2.24, 2.45) is 5.92 Å². The maximum atomic E-state index is 11.6. The minimum atomic E-state index is -0.498. The van der Waals surface area contributed by atoms with E-state index >= 15 is 0 Å². The molecule has 1 rings (SSSR count). The SMILES string of the molecule is C=C(C)C(=O)OCCOC(=O)/C=C/c1ccc(OCCC(C)C)cc1. The van der Waals surface area contributed by atoms with Gasteiger partial charge in [-0.25, -0.2) is 9.59 Å². The molecule has 0 amide bonds. The molecule has 1 aromatic carbocycles. The smallest absolute Gasteiger partial charge is 0.333 e. The number of hydrogen-bond acceptors (Lipinski definition) is 5. The van der Waals surface area contributed by atoms with Gasteiger partial charge in [0, 0.05) is 11.6 Å². The first kappa shape index (κ1) is 20.5. The van der Waals surface area contributed by atoms with E-state index in [9.17, 15) is 9.59 Å². The van der Waals surface area contributed by atoms with E-state index in [1.165, 1.54) is 6.08 Å². The lowest BCUT2D eigenvalue weighted by molar-refractivity contribution is -0.146. The van der Waals surface area contributed by atoms with Crippen LogP contribution in [0.5, 0.6) is 5.75 Å². The summed E-state index contributed by atoms with van der Waals surface area (Å²) in [6.45, 7) is 10.0. The summed E-state index contributed by atoms with van der Waals surface area (Å²) in [7, 11) is 0. The van der Waals surface area contributed by atoms with E-state index in [4.69, 9.17) is 14.2 Å². The Labute approximate surface area is 149 Å². The van der Waals surface area contributed by atoms with Crippen LogP contribution in [0.25, 0.3) is 6.08 Å². The first-order valence-corrected chi connectivity index (χ1v) is 8.29. The van der Waals surface area contributed by atoms with Crippen LogP contribution < -0.4 is 4.74 Å². The predicted octanol–water partition coefficient (Wildman–Crippen LogP) is 3.79. The van der Waals surface area contributed by atoms with Crippen molar-refractivity contribution in [2.75, 3.05) is 19.8 Å². The van der Waals surface area contributed by atoms with Crippen molar-refractivity contribution in [3.63, 3.8) is 0 Å². The second-order valence-corrected chi connectivity index (χ2v) is 6.02. The van der Waals surface area contributed by atoms with Gasteiger partial charge in [-0.1, -0.05) is 32.6 Å². The Balaban J connectivity index is 2.31. The van der Waals surface area contributed by atoms with E-state index in [0.717, 1.165) is 17.7 Å². The van der Waals surface area contributed by atoms with Gasteiger partial charge in [-0.3, -0.25) is 0 Å². The van der Waals surface area contributed by atoms with E-state index in [1.807, 2.05) is 24.3 Å². The summed E-state index contributed by atoms with van der Waals surface area (Å²) in [6, 6.07) is 7.46. The zero-order valence-corrected chi connectivity index (χ0v) is 15.1. The van der Waals surface area contributed by atoms with E-state index in [0.29, 0.717) is 18.1 Å². The van der Waals surface area contributed by atoms with Crippen LogP contribution in [0, 0.1) is 5.92 Å². The Morgan fingerprint density at radius 3 is 2.32 bits per heavy atom. The van der Waals surface area contributed by atoms with Gasteiger partial charge in [0.15, 0.2) is 0 Å². The molecule has 0 saturated heterocycles. The van der Waals surface area contributed by atoms with Gasteiger partial charge in [0.25, 0.3) is 0 Å². The molecule has 0 atom stereocenters. The fraction of sp³-hybridized carbons (Fsp3) is 0.400. The molecule has 136 valence electrons. The number of rotatable bonds is 10. The van der Waals surface area contributed by atoms with Gasteiger partial charge in [-0.15, -0.1) is 0 Å². The zero-order valence-electron chi connectivity index (χ0n) is 15.1. The Morgan fingerprint density at radius 2 is 1.72 bits per heavy atom. The molecule has 0 aliphatic rings. The first-order chi connectivity index (χ1) is 11.9. The molecule has 0 fully saturated rings. The van der Waals surface area contributed by atoms with Crippen LogP contribution >= 0.6 is 0 Å². The van der Waals surface area contributed by atoms with Crippen molar-refractivity contribution in [1.82, 2.24) is 0 Å². The third kappa shape index (κ3) is 9.35. The van der Waals surface area contributed by atoms with E-state index in [-0.39, 0.29) is 13.2 Å². The van der Waals surface area contributed by atoms with E-state index < -0.39 is 11.9 Å². The van der Waals surface area contributed by atoms with Gasteiger partial charge in [0.1, 0.15) is 19.0 Å². The van der Waals surface area contributed by atoms with Crippen LogP contribution in [0.3, 0.4) is 0 Å². The quantitative estimate of drug-likeness (QED) is 0.366. The summed E-state index contributed by atoms with van der Waals surface area (Å²) in [5.74, 6) is 0.420. The monoisotopic (exact) mass is 346 g/mol. The lowest BCUT2D eigenvalue weighted by atomic mass is 10.1. The molecule has 0 heterocycles. The van der Waals surface area contributed by atoms with Gasteiger partial charge < -0.3 is 14.2 Å².